The average Bonchev–Trinajstić information content (AvgIpc) is 2.79. The predicted molar refractivity (Wildman–Crippen MR) is 121 cm³/mol. The lowest BCUT2D eigenvalue weighted by molar-refractivity contribution is -0.117. The number of benzene rings is 3. The first kappa shape index (κ1) is 21.6. The van der Waals surface area contributed by atoms with E-state index in [1.54, 1.807) is 48.5 Å². The quantitative estimate of drug-likeness (QED) is 0.448. The Morgan fingerprint density at radius 2 is 1.69 bits per heavy atom. The van der Waals surface area contributed by atoms with Gasteiger partial charge in [0.05, 0.1) is 5.52 Å². The number of rotatable bonds is 7. The molecule has 162 valence electrons. The van der Waals surface area contributed by atoms with Crippen molar-refractivity contribution in [2.75, 3.05) is 5.32 Å². The summed E-state index contributed by atoms with van der Waals surface area (Å²) in [6.45, 7) is 0. The Bertz CT molecular complexity index is 1360. The van der Waals surface area contributed by atoms with Gasteiger partial charge < -0.3 is 5.32 Å². The summed E-state index contributed by atoms with van der Waals surface area (Å²) in [5, 5.41) is 3.26. The fourth-order valence-electron chi connectivity index (χ4n) is 3.38. The lowest BCUT2D eigenvalue weighted by Gasteiger charge is -2.19. The zero-order valence-corrected chi connectivity index (χ0v) is 17.7. The van der Waals surface area contributed by atoms with E-state index in [0.29, 0.717) is 10.9 Å². The molecule has 0 aliphatic carbocycles. The summed E-state index contributed by atoms with van der Waals surface area (Å²) in [5.74, 6) is -1.11. The number of anilines is 1. The third kappa shape index (κ3) is 4.99. The second-order valence-electron chi connectivity index (χ2n) is 7.19. The molecule has 4 rings (SSSR count). The van der Waals surface area contributed by atoms with Gasteiger partial charge in [-0.1, -0.05) is 54.6 Å². The van der Waals surface area contributed by atoms with Gasteiger partial charge >= 0.3 is 0 Å². The Balaban J connectivity index is 1.66. The lowest BCUT2D eigenvalue weighted by atomic mass is 10.1. The van der Waals surface area contributed by atoms with Crippen molar-refractivity contribution in [3.8, 4) is 0 Å². The van der Waals surface area contributed by atoms with Gasteiger partial charge in [0, 0.05) is 17.3 Å². The molecule has 1 unspecified atom stereocenters. The summed E-state index contributed by atoms with van der Waals surface area (Å²) >= 11 is 0. The standard InChI is InChI=1S/C24H20FN3O3S/c25-19-11-5-12-20(16-19)27-24(29)21(15-17-7-2-1-3-8-17)28-32(30,31)22-13-4-9-18-10-6-14-26-23(18)22/h1-14,16,21,28H,15H2,(H,27,29). The number of nitrogens with zero attached hydrogens (tertiary/aromatic N) is 1. The van der Waals surface area contributed by atoms with E-state index in [2.05, 4.69) is 15.0 Å². The molecule has 0 spiro atoms. The Morgan fingerprint density at radius 3 is 2.47 bits per heavy atom. The van der Waals surface area contributed by atoms with Crippen molar-refractivity contribution in [1.29, 1.82) is 0 Å². The zero-order valence-electron chi connectivity index (χ0n) is 16.9. The van der Waals surface area contributed by atoms with Crippen molar-refractivity contribution >= 4 is 32.5 Å². The second-order valence-corrected chi connectivity index (χ2v) is 8.88. The van der Waals surface area contributed by atoms with E-state index in [0.717, 1.165) is 5.56 Å². The minimum absolute atomic E-state index is 0.0211. The van der Waals surface area contributed by atoms with Gasteiger partial charge in [0.1, 0.15) is 16.8 Å². The highest BCUT2D eigenvalue weighted by Gasteiger charge is 2.28. The molecule has 3 aromatic carbocycles. The van der Waals surface area contributed by atoms with Crippen LogP contribution in [0.15, 0.2) is 96.0 Å². The second kappa shape index (κ2) is 9.25. The number of halogens is 1. The molecule has 4 aromatic rings. The molecule has 0 saturated carbocycles. The molecule has 0 radical (unpaired) electrons. The molecule has 1 atom stereocenters. The van der Waals surface area contributed by atoms with Crippen LogP contribution in [0.25, 0.3) is 10.9 Å². The first-order valence-electron chi connectivity index (χ1n) is 9.89. The van der Waals surface area contributed by atoms with E-state index in [1.165, 1.54) is 36.5 Å². The Hall–Kier alpha value is -3.62. The number of carbonyl (C=O) groups is 1. The highest BCUT2D eigenvalue weighted by molar-refractivity contribution is 7.89. The van der Waals surface area contributed by atoms with Gasteiger partial charge in [-0.25, -0.2) is 12.8 Å². The topological polar surface area (TPSA) is 88.2 Å². The minimum Gasteiger partial charge on any atom is -0.325 e. The molecule has 0 aliphatic heterocycles. The van der Waals surface area contributed by atoms with Crippen LogP contribution < -0.4 is 10.0 Å². The van der Waals surface area contributed by atoms with Crippen molar-refractivity contribution in [2.45, 2.75) is 17.4 Å². The van der Waals surface area contributed by atoms with Crippen molar-refractivity contribution < 1.29 is 17.6 Å². The smallest absolute Gasteiger partial charge is 0.243 e. The first-order chi connectivity index (χ1) is 15.4. The molecule has 0 aliphatic rings. The number of hydrogen-bond donors (Lipinski definition) is 2. The number of pyridine rings is 1. The first-order valence-corrected chi connectivity index (χ1v) is 11.4. The molecule has 2 N–H and O–H groups in total. The summed E-state index contributed by atoms with van der Waals surface area (Å²) in [4.78, 5) is 17.2. The molecule has 1 aromatic heterocycles. The number of carbonyl (C=O) groups excluding carboxylic acids is 1. The molecule has 6 nitrogen and oxygen atoms in total. The van der Waals surface area contributed by atoms with Crippen molar-refractivity contribution in [3.05, 3.63) is 103 Å². The van der Waals surface area contributed by atoms with Crippen LogP contribution in [0.3, 0.4) is 0 Å². The van der Waals surface area contributed by atoms with Gasteiger partial charge in [0.25, 0.3) is 0 Å². The molecule has 8 heteroatoms. The van der Waals surface area contributed by atoms with Crippen molar-refractivity contribution in [1.82, 2.24) is 9.71 Å². The number of hydrogen-bond acceptors (Lipinski definition) is 4. The minimum atomic E-state index is -4.10. The van der Waals surface area contributed by atoms with Crippen LogP contribution in [-0.2, 0) is 21.2 Å². The van der Waals surface area contributed by atoms with Gasteiger partial charge in [-0.2, -0.15) is 4.72 Å². The van der Waals surface area contributed by atoms with E-state index < -0.39 is 27.8 Å². The number of para-hydroxylation sites is 1. The SMILES string of the molecule is O=C(Nc1cccc(F)c1)C(Cc1ccccc1)NS(=O)(=O)c1cccc2cccnc12. The monoisotopic (exact) mass is 449 g/mol. The van der Waals surface area contributed by atoms with E-state index in [1.807, 2.05) is 6.07 Å². The predicted octanol–water partition coefficient (Wildman–Crippen LogP) is 3.90. The largest absolute Gasteiger partial charge is 0.325 e. The zero-order chi connectivity index (χ0) is 22.6. The number of sulfonamides is 1. The molecule has 1 amide bonds. The van der Waals surface area contributed by atoms with Crippen LogP contribution in [0.4, 0.5) is 10.1 Å². The Labute approximate surface area is 185 Å². The molecule has 1 heterocycles. The molecule has 0 fully saturated rings. The fraction of sp³-hybridized carbons (Fsp3) is 0.0833. The molecular formula is C24H20FN3O3S. The Morgan fingerprint density at radius 1 is 0.938 bits per heavy atom. The van der Waals surface area contributed by atoms with Crippen LogP contribution in [0.2, 0.25) is 0 Å². The van der Waals surface area contributed by atoms with Crippen LogP contribution in [0.1, 0.15) is 5.56 Å². The van der Waals surface area contributed by atoms with Gasteiger partial charge in [-0.3, -0.25) is 9.78 Å². The number of fused-ring (bicyclic) bond motifs is 1. The number of nitrogens with one attached hydrogen (secondary N) is 2. The van der Waals surface area contributed by atoms with Gasteiger partial charge in [-0.15, -0.1) is 0 Å². The van der Waals surface area contributed by atoms with E-state index in [-0.39, 0.29) is 17.0 Å². The molecule has 32 heavy (non-hydrogen) atoms. The van der Waals surface area contributed by atoms with E-state index >= 15 is 0 Å². The summed E-state index contributed by atoms with van der Waals surface area (Å²) in [7, 11) is -4.10. The highest BCUT2D eigenvalue weighted by Crippen LogP contribution is 2.21. The maximum Gasteiger partial charge on any atom is 0.243 e. The normalized spacial score (nSPS) is 12.4. The van der Waals surface area contributed by atoms with Crippen molar-refractivity contribution in [2.24, 2.45) is 0 Å². The maximum absolute atomic E-state index is 13.5. The number of aromatic nitrogens is 1. The fourth-order valence-corrected chi connectivity index (χ4v) is 4.75. The number of amides is 1. The summed E-state index contributed by atoms with van der Waals surface area (Å²) in [6, 6.07) is 21.6. The van der Waals surface area contributed by atoms with Crippen LogP contribution in [0.5, 0.6) is 0 Å². The van der Waals surface area contributed by atoms with Gasteiger partial charge in [0.2, 0.25) is 15.9 Å². The third-order valence-corrected chi connectivity index (χ3v) is 6.38. The van der Waals surface area contributed by atoms with E-state index in [4.69, 9.17) is 0 Å². The molecule has 0 bridgehead atoms. The van der Waals surface area contributed by atoms with Crippen LogP contribution in [0, 0.1) is 5.82 Å². The van der Waals surface area contributed by atoms with Crippen molar-refractivity contribution in [3.63, 3.8) is 0 Å². The van der Waals surface area contributed by atoms with Gasteiger partial charge in [0.15, 0.2) is 0 Å². The van der Waals surface area contributed by atoms with E-state index in [9.17, 15) is 17.6 Å². The van der Waals surface area contributed by atoms with Gasteiger partial charge in [-0.05, 0) is 42.3 Å². The van der Waals surface area contributed by atoms with Crippen LogP contribution >= 0.6 is 0 Å². The average molecular weight is 450 g/mol. The summed E-state index contributed by atoms with van der Waals surface area (Å²) < 4.78 is 42.6. The lowest BCUT2D eigenvalue weighted by Crippen LogP contribution is -2.45. The highest BCUT2D eigenvalue weighted by atomic mass is 32.2. The third-order valence-electron chi connectivity index (χ3n) is 4.87. The maximum atomic E-state index is 13.5. The van der Waals surface area contributed by atoms with Crippen LogP contribution in [-0.4, -0.2) is 25.4 Å². The molecular weight excluding hydrogens is 429 g/mol. The Kier molecular flexibility index (Phi) is 6.25. The summed E-state index contributed by atoms with van der Waals surface area (Å²) in [6.07, 6.45) is 1.62. The molecule has 0 saturated heterocycles. The summed E-state index contributed by atoms with van der Waals surface area (Å²) in [5.41, 5.74) is 1.32.